The van der Waals surface area contributed by atoms with Crippen LogP contribution in [0.25, 0.3) is 0 Å². The van der Waals surface area contributed by atoms with Crippen molar-refractivity contribution in [2.75, 3.05) is 17.4 Å². The number of benzene rings is 4. The molecule has 42 heavy (non-hydrogen) atoms. The normalized spacial score (nSPS) is 11.9. The molecule has 0 spiro atoms. The Labute approximate surface area is 269 Å². The summed E-state index contributed by atoms with van der Waals surface area (Å²) in [5, 5.41) is 2.87. The molecule has 0 saturated heterocycles. The number of nitrogens with zero attached hydrogens (tertiary/aromatic N) is 2. The van der Waals surface area contributed by atoms with E-state index in [0.717, 1.165) is 23.5 Å². The lowest BCUT2D eigenvalue weighted by Gasteiger charge is -2.33. The van der Waals surface area contributed by atoms with Gasteiger partial charge in [-0.15, -0.1) is 0 Å². The van der Waals surface area contributed by atoms with Gasteiger partial charge >= 0.3 is 0 Å². The number of anilines is 1. The highest BCUT2D eigenvalue weighted by molar-refractivity contribution is 14.1. The predicted octanol–water partition coefficient (Wildman–Crippen LogP) is 6.03. The summed E-state index contributed by atoms with van der Waals surface area (Å²) < 4.78 is 30.8. The van der Waals surface area contributed by atoms with Gasteiger partial charge in [-0.1, -0.05) is 76.6 Å². The molecule has 7 nitrogen and oxygen atoms in total. The fourth-order valence-corrected chi connectivity index (χ4v) is 6.55. The molecule has 1 N–H and O–H groups in total. The predicted molar refractivity (Wildman–Crippen MR) is 177 cm³/mol. The van der Waals surface area contributed by atoms with Crippen LogP contribution in [-0.4, -0.2) is 44.3 Å². The Morgan fingerprint density at radius 1 is 0.833 bits per heavy atom. The molecule has 0 unspecified atom stereocenters. The van der Waals surface area contributed by atoms with Crippen molar-refractivity contribution in [3.8, 4) is 0 Å². The SMILES string of the molecule is CCNC(=O)[C@@H](Cc1ccccc1)N(Cc1ccc(Br)cc1)C(=O)CN(c1ccc(I)cc1)S(=O)(=O)c1ccccc1. The Hall–Kier alpha value is -3.22. The van der Waals surface area contributed by atoms with E-state index in [4.69, 9.17) is 0 Å². The van der Waals surface area contributed by atoms with Crippen LogP contribution >= 0.6 is 38.5 Å². The summed E-state index contributed by atoms with van der Waals surface area (Å²) in [6.07, 6.45) is 0.268. The molecule has 4 rings (SSSR count). The first-order valence-corrected chi connectivity index (χ1v) is 16.7. The van der Waals surface area contributed by atoms with Gasteiger partial charge in [-0.05, 0) is 89.2 Å². The van der Waals surface area contributed by atoms with E-state index in [0.29, 0.717) is 12.2 Å². The topological polar surface area (TPSA) is 86.8 Å². The fraction of sp³-hybridized carbons (Fsp3) is 0.188. The molecule has 0 aliphatic rings. The van der Waals surface area contributed by atoms with E-state index in [1.165, 1.54) is 17.0 Å². The van der Waals surface area contributed by atoms with Gasteiger partial charge in [0, 0.05) is 27.6 Å². The first-order chi connectivity index (χ1) is 20.2. The average molecular weight is 760 g/mol. The van der Waals surface area contributed by atoms with Crippen LogP contribution in [0.15, 0.2) is 119 Å². The molecule has 4 aromatic rings. The second kappa shape index (κ2) is 14.8. The van der Waals surface area contributed by atoms with Crippen LogP contribution in [0.4, 0.5) is 5.69 Å². The van der Waals surface area contributed by atoms with Crippen molar-refractivity contribution in [1.82, 2.24) is 10.2 Å². The highest BCUT2D eigenvalue weighted by Gasteiger charge is 2.34. The van der Waals surface area contributed by atoms with Gasteiger partial charge in [0.15, 0.2) is 0 Å². The molecule has 0 aliphatic heterocycles. The van der Waals surface area contributed by atoms with Gasteiger partial charge in [-0.25, -0.2) is 8.42 Å². The van der Waals surface area contributed by atoms with Gasteiger partial charge in [0.2, 0.25) is 11.8 Å². The fourth-order valence-electron chi connectivity index (χ4n) is 4.49. The molecule has 10 heteroatoms. The van der Waals surface area contributed by atoms with Gasteiger partial charge in [0.1, 0.15) is 12.6 Å². The Kier molecular flexibility index (Phi) is 11.2. The van der Waals surface area contributed by atoms with Crippen molar-refractivity contribution in [2.24, 2.45) is 0 Å². The Balaban J connectivity index is 1.78. The van der Waals surface area contributed by atoms with Crippen molar-refractivity contribution >= 4 is 66.0 Å². The Morgan fingerprint density at radius 2 is 1.43 bits per heavy atom. The van der Waals surface area contributed by atoms with Crippen LogP contribution in [0.2, 0.25) is 0 Å². The van der Waals surface area contributed by atoms with Gasteiger partial charge in [0.05, 0.1) is 10.6 Å². The standard InChI is InChI=1S/C32H31BrIN3O4S/c1-2-35-32(39)30(21-24-9-5-3-6-10-24)36(22-25-13-15-26(33)16-14-25)31(38)23-37(28-19-17-27(34)18-20-28)42(40,41)29-11-7-4-8-12-29/h3-20,30H,2,21-23H2,1H3,(H,35,39)/t30-/m1/s1. The second-order valence-corrected chi connectivity index (χ2v) is 13.6. The first-order valence-electron chi connectivity index (χ1n) is 13.4. The Morgan fingerprint density at radius 3 is 2.02 bits per heavy atom. The number of hydrogen-bond donors (Lipinski definition) is 1. The van der Waals surface area contributed by atoms with E-state index in [2.05, 4.69) is 43.8 Å². The van der Waals surface area contributed by atoms with Crippen LogP contribution in [0.1, 0.15) is 18.1 Å². The van der Waals surface area contributed by atoms with Crippen LogP contribution in [0.5, 0.6) is 0 Å². The van der Waals surface area contributed by atoms with E-state index >= 15 is 0 Å². The smallest absolute Gasteiger partial charge is 0.264 e. The number of carbonyl (C=O) groups is 2. The number of likely N-dealkylation sites (N-methyl/N-ethyl adjacent to an activating group) is 1. The quantitative estimate of drug-likeness (QED) is 0.179. The summed E-state index contributed by atoms with van der Waals surface area (Å²) in [4.78, 5) is 29.4. The number of hydrogen-bond acceptors (Lipinski definition) is 4. The number of amides is 2. The number of carbonyl (C=O) groups excluding carboxylic acids is 2. The maximum absolute atomic E-state index is 14.3. The number of sulfonamides is 1. The molecule has 0 saturated carbocycles. The zero-order valence-electron chi connectivity index (χ0n) is 23.0. The maximum atomic E-state index is 14.3. The van der Waals surface area contributed by atoms with Crippen molar-refractivity contribution in [3.63, 3.8) is 0 Å². The molecule has 0 heterocycles. The highest BCUT2D eigenvalue weighted by atomic mass is 127. The summed E-state index contributed by atoms with van der Waals surface area (Å²) in [6.45, 7) is 1.84. The third kappa shape index (κ3) is 8.20. The summed E-state index contributed by atoms with van der Waals surface area (Å²) >= 11 is 5.59. The molecule has 218 valence electrons. The monoisotopic (exact) mass is 759 g/mol. The Bertz CT molecular complexity index is 1590. The molecule has 0 radical (unpaired) electrons. The van der Waals surface area contributed by atoms with Gasteiger partial charge in [-0.3, -0.25) is 13.9 Å². The molecule has 1 atom stereocenters. The van der Waals surface area contributed by atoms with E-state index < -0.39 is 28.5 Å². The van der Waals surface area contributed by atoms with Crippen molar-refractivity contribution < 1.29 is 18.0 Å². The minimum atomic E-state index is -4.11. The van der Waals surface area contributed by atoms with Crippen LogP contribution in [0, 0.1) is 3.57 Å². The zero-order chi connectivity index (χ0) is 30.1. The number of halogens is 2. The molecule has 0 aliphatic carbocycles. The second-order valence-electron chi connectivity index (χ2n) is 9.55. The van der Waals surface area contributed by atoms with E-state index in [1.807, 2.05) is 61.5 Å². The summed E-state index contributed by atoms with van der Waals surface area (Å²) in [7, 11) is -4.11. The third-order valence-electron chi connectivity index (χ3n) is 6.61. The average Bonchev–Trinajstić information content (AvgIpc) is 3.00. The van der Waals surface area contributed by atoms with Gasteiger partial charge in [0.25, 0.3) is 10.0 Å². The van der Waals surface area contributed by atoms with Crippen molar-refractivity contribution in [2.45, 2.75) is 30.8 Å². The lowest BCUT2D eigenvalue weighted by molar-refractivity contribution is -0.140. The molecular weight excluding hydrogens is 729 g/mol. The largest absolute Gasteiger partial charge is 0.355 e. The minimum Gasteiger partial charge on any atom is -0.355 e. The zero-order valence-corrected chi connectivity index (χ0v) is 27.5. The molecule has 2 amide bonds. The number of nitrogens with one attached hydrogen (secondary N) is 1. The third-order valence-corrected chi connectivity index (χ3v) is 9.65. The molecule has 0 bridgehead atoms. The molecular formula is C32H31BrIN3O4S. The summed E-state index contributed by atoms with van der Waals surface area (Å²) in [5.41, 5.74) is 2.04. The van der Waals surface area contributed by atoms with Crippen molar-refractivity contribution in [1.29, 1.82) is 0 Å². The van der Waals surface area contributed by atoms with Crippen LogP contribution in [0.3, 0.4) is 0 Å². The minimum absolute atomic E-state index is 0.0698. The van der Waals surface area contributed by atoms with Crippen molar-refractivity contribution in [3.05, 3.63) is 128 Å². The maximum Gasteiger partial charge on any atom is 0.264 e. The highest BCUT2D eigenvalue weighted by Crippen LogP contribution is 2.26. The van der Waals surface area contributed by atoms with Gasteiger partial charge in [-0.2, -0.15) is 0 Å². The van der Waals surface area contributed by atoms with Gasteiger partial charge < -0.3 is 10.2 Å². The van der Waals surface area contributed by atoms with Crippen LogP contribution < -0.4 is 9.62 Å². The molecule has 0 fully saturated rings. The lowest BCUT2D eigenvalue weighted by atomic mass is 10.0. The first kappa shape index (κ1) is 31.7. The number of rotatable bonds is 12. The summed E-state index contributed by atoms with van der Waals surface area (Å²) in [6, 6.07) is 31.1. The van der Waals surface area contributed by atoms with E-state index in [1.54, 1.807) is 42.5 Å². The lowest BCUT2D eigenvalue weighted by Crippen LogP contribution is -2.53. The van der Waals surface area contributed by atoms with E-state index in [9.17, 15) is 18.0 Å². The molecule has 4 aromatic carbocycles. The summed E-state index contributed by atoms with van der Waals surface area (Å²) in [5.74, 6) is -0.804. The van der Waals surface area contributed by atoms with Crippen LogP contribution in [-0.2, 0) is 32.6 Å². The van der Waals surface area contributed by atoms with E-state index in [-0.39, 0.29) is 23.8 Å². The molecule has 0 aromatic heterocycles.